The van der Waals surface area contributed by atoms with E-state index in [1.165, 1.54) is 11.1 Å². The summed E-state index contributed by atoms with van der Waals surface area (Å²) < 4.78 is 11.2. The first-order valence-electron chi connectivity index (χ1n) is 10.8. The highest BCUT2D eigenvalue weighted by atomic mass is 32.1. The van der Waals surface area contributed by atoms with Crippen LogP contribution in [0.5, 0.6) is 0 Å². The van der Waals surface area contributed by atoms with Crippen LogP contribution in [0.1, 0.15) is 42.9 Å². The van der Waals surface area contributed by atoms with E-state index in [4.69, 9.17) is 21.7 Å². The van der Waals surface area contributed by atoms with Gasteiger partial charge < -0.3 is 24.7 Å². The monoisotopic (exact) mass is 431 g/mol. The summed E-state index contributed by atoms with van der Waals surface area (Å²) in [5.74, 6) is 0. The molecule has 7 heteroatoms. The Bertz CT molecular complexity index is 922. The second kappa shape index (κ2) is 10.9. The minimum atomic E-state index is -0.0674. The van der Waals surface area contributed by atoms with Crippen molar-refractivity contribution >= 4 is 28.2 Å². The minimum Gasteiger partial charge on any atom is -0.382 e. The fourth-order valence-corrected chi connectivity index (χ4v) is 3.97. The van der Waals surface area contributed by atoms with Gasteiger partial charge in [0, 0.05) is 44.0 Å². The number of H-pyrrole nitrogens is 1. The second-order valence-corrected chi connectivity index (χ2v) is 8.33. The average Bonchev–Trinajstić information content (AvgIpc) is 3.22. The Labute approximate surface area is 183 Å². The highest BCUT2D eigenvalue weighted by Crippen LogP contribution is 2.19. The molecule has 0 spiro atoms. The zero-order chi connectivity index (χ0) is 21.5. The van der Waals surface area contributed by atoms with E-state index in [9.17, 15) is 4.79 Å². The Morgan fingerprint density at radius 1 is 1.33 bits per heavy atom. The van der Waals surface area contributed by atoms with Gasteiger partial charge in [-0.15, -0.1) is 0 Å². The van der Waals surface area contributed by atoms with Crippen molar-refractivity contribution in [3.63, 3.8) is 0 Å². The molecule has 1 aliphatic rings. The lowest BCUT2D eigenvalue weighted by Gasteiger charge is -2.28. The molecule has 30 heavy (non-hydrogen) atoms. The summed E-state index contributed by atoms with van der Waals surface area (Å²) in [5, 5.41) is 5.01. The molecule has 1 atom stereocenters. The van der Waals surface area contributed by atoms with E-state index in [1.807, 2.05) is 19.1 Å². The van der Waals surface area contributed by atoms with Crippen molar-refractivity contribution in [1.29, 1.82) is 0 Å². The van der Waals surface area contributed by atoms with Gasteiger partial charge in [0.15, 0.2) is 5.11 Å². The number of aromatic nitrogens is 1. The van der Waals surface area contributed by atoms with Gasteiger partial charge in [-0.05, 0) is 87.0 Å². The van der Waals surface area contributed by atoms with E-state index in [0.29, 0.717) is 30.4 Å². The maximum atomic E-state index is 12.8. The third-order valence-corrected chi connectivity index (χ3v) is 5.98. The summed E-state index contributed by atoms with van der Waals surface area (Å²) in [4.78, 5) is 17.9. The van der Waals surface area contributed by atoms with Gasteiger partial charge >= 0.3 is 0 Å². The summed E-state index contributed by atoms with van der Waals surface area (Å²) in [6.07, 6.45) is 3.13. The maximum Gasteiger partial charge on any atom is 0.253 e. The van der Waals surface area contributed by atoms with Crippen LogP contribution in [0.2, 0.25) is 0 Å². The van der Waals surface area contributed by atoms with Crippen LogP contribution < -0.4 is 10.9 Å². The number of aryl methyl sites for hydroxylation is 2. The summed E-state index contributed by atoms with van der Waals surface area (Å²) in [6, 6.07) is 6.14. The molecular weight excluding hydrogens is 398 g/mol. The Hall–Kier alpha value is -1.96. The Morgan fingerprint density at radius 2 is 2.13 bits per heavy atom. The number of rotatable bonds is 9. The molecule has 1 aromatic carbocycles. The molecular formula is C23H33N3O3S. The van der Waals surface area contributed by atoms with E-state index in [0.717, 1.165) is 49.9 Å². The molecule has 0 amide bonds. The number of fused-ring (bicyclic) bond motifs is 1. The lowest BCUT2D eigenvalue weighted by Crippen LogP contribution is -2.44. The fourth-order valence-electron chi connectivity index (χ4n) is 3.72. The lowest BCUT2D eigenvalue weighted by molar-refractivity contribution is 0.0896. The van der Waals surface area contributed by atoms with Gasteiger partial charge in [-0.3, -0.25) is 4.79 Å². The number of hydrogen-bond donors (Lipinski definition) is 2. The van der Waals surface area contributed by atoms with E-state index < -0.39 is 0 Å². The minimum absolute atomic E-state index is 0.0674. The van der Waals surface area contributed by atoms with Crippen molar-refractivity contribution in [2.45, 2.75) is 52.7 Å². The Kier molecular flexibility index (Phi) is 8.24. The average molecular weight is 432 g/mol. The smallest absolute Gasteiger partial charge is 0.253 e. The van der Waals surface area contributed by atoms with Gasteiger partial charge in [0.05, 0.1) is 12.6 Å². The normalized spacial score (nSPS) is 16.2. The summed E-state index contributed by atoms with van der Waals surface area (Å²) in [6.45, 7) is 10.2. The fraction of sp³-hybridized carbons (Fsp3) is 0.565. The van der Waals surface area contributed by atoms with E-state index in [1.54, 1.807) is 0 Å². The van der Waals surface area contributed by atoms with Crippen molar-refractivity contribution in [3.05, 3.63) is 45.2 Å². The lowest BCUT2D eigenvalue weighted by atomic mass is 10.0. The first-order chi connectivity index (χ1) is 14.5. The Balaban J connectivity index is 1.75. The van der Waals surface area contributed by atoms with Gasteiger partial charge in [-0.1, -0.05) is 0 Å². The molecule has 6 nitrogen and oxygen atoms in total. The number of pyridine rings is 1. The molecule has 1 aliphatic heterocycles. The van der Waals surface area contributed by atoms with Gasteiger partial charge in [-0.2, -0.15) is 0 Å². The van der Waals surface area contributed by atoms with Crippen molar-refractivity contribution in [2.75, 3.05) is 32.9 Å². The first-order valence-corrected chi connectivity index (χ1v) is 11.2. The Morgan fingerprint density at radius 3 is 2.87 bits per heavy atom. The topological polar surface area (TPSA) is 66.6 Å². The molecule has 2 N–H and O–H groups in total. The van der Waals surface area contributed by atoms with Gasteiger partial charge in [0.1, 0.15) is 0 Å². The molecule has 1 fully saturated rings. The first kappa shape index (κ1) is 22.7. The summed E-state index contributed by atoms with van der Waals surface area (Å²) in [5.41, 5.74) is 3.89. The van der Waals surface area contributed by atoms with Crippen LogP contribution in [0.4, 0.5) is 0 Å². The van der Waals surface area contributed by atoms with Crippen LogP contribution in [0.25, 0.3) is 10.9 Å². The van der Waals surface area contributed by atoms with Crippen LogP contribution in [0.3, 0.4) is 0 Å². The van der Waals surface area contributed by atoms with Crippen LogP contribution in [0.15, 0.2) is 23.0 Å². The SMILES string of the molecule is CCOCCCNC(=S)N(Cc1cc2cc(C)c(C)cc2[nH]c1=O)C[C@H]1CCCO1. The number of hydrogen-bond acceptors (Lipinski definition) is 4. The standard InChI is InChI=1S/C23H33N3O3S/c1-4-28-9-6-8-24-23(30)26(15-20-7-5-10-29-20)14-19-13-18-11-16(2)17(3)12-21(18)25-22(19)27/h11-13,20H,4-10,14-15H2,1-3H3,(H,24,30)(H,25,27)/t20-/m1/s1. The van der Waals surface area contributed by atoms with E-state index in [-0.39, 0.29) is 11.7 Å². The van der Waals surface area contributed by atoms with Crippen molar-refractivity contribution in [3.8, 4) is 0 Å². The quantitative estimate of drug-likeness (QED) is 0.468. The molecule has 2 heterocycles. The zero-order valence-corrected chi connectivity index (χ0v) is 19.1. The van der Waals surface area contributed by atoms with Gasteiger partial charge in [0.2, 0.25) is 0 Å². The molecule has 3 rings (SSSR count). The van der Waals surface area contributed by atoms with Crippen LogP contribution >= 0.6 is 12.2 Å². The molecule has 0 radical (unpaired) electrons. The van der Waals surface area contributed by atoms with Gasteiger partial charge in [0.25, 0.3) is 5.56 Å². The van der Waals surface area contributed by atoms with Crippen molar-refractivity contribution in [2.24, 2.45) is 0 Å². The highest BCUT2D eigenvalue weighted by Gasteiger charge is 2.22. The number of ether oxygens (including phenoxy) is 2. The van der Waals surface area contributed by atoms with Crippen LogP contribution in [-0.4, -0.2) is 54.0 Å². The summed E-state index contributed by atoms with van der Waals surface area (Å²) >= 11 is 5.67. The van der Waals surface area contributed by atoms with E-state index in [2.05, 4.69) is 35.1 Å². The number of nitrogens with zero attached hydrogens (tertiary/aromatic N) is 1. The predicted molar refractivity (Wildman–Crippen MR) is 125 cm³/mol. The third kappa shape index (κ3) is 6.03. The molecule has 0 saturated carbocycles. The predicted octanol–water partition coefficient (Wildman–Crippen LogP) is 3.43. The molecule has 164 valence electrons. The summed E-state index contributed by atoms with van der Waals surface area (Å²) in [7, 11) is 0. The molecule has 1 aromatic heterocycles. The molecule has 0 aliphatic carbocycles. The number of thiocarbonyl (C=S) groups is 1. The second-order valence-electron chi connectivity index (χ2n) is 7.95. The number of aromatic amines is 1. The number of benzene rings is 1. The van der Waals surface area contributed by atoms with Crippen LogP contribution in [0, 0.1) is 13.8 Å². The largest absolute Gasteiger partial charge is 0.382 e. The highest BCUT2D eigenvalue weighted by molar-refractivity contribution is 7.80. The molecule has 0 bridgehead atoms. The zero-order valence-electron chi connectivity index (χ0n) is 18.3. The molecule has 0 unspecified atom stereocenters. The van der Waals surface area contributed by atoms with Crippen LogP contribution in [-0.2, 0) is 16.0 Å². The third-order valence-electron chi connectivity index (χ3n) is 5.58. The van der Waals surface area contributed by atoms with E-state index >= 15 is 0 Å². The maximum absolute atomic E-state index is 12.8. The molecule has 1 saturated heterocycles. The molecule has 2 aromatic rings. The number of nitrogens with one attached hydrogen (secondary N) is 2. The van der Waals surface area contributed by atoms with Crippen molar-refractivity contribution in [1.82, 2.24) is 15.2 Å². The van der Waals surface area contributed by atoms with Gasteiger partial charge in [-0.25, -0.2) is 0 Å². The van der Waals surface area contributed by atoms with Crippen molar-refractivity contribution < 1.29 is 9.47 Å².